The third-order valence-corrected chi connectivity index (χ3v) is 3.55. The summed E-state index contributed by atoms with van der Waals surface area (Å²) in [5, 5.41) is 0.139. The molecule has 0 bridgehead atoms. The van der Waals surface area contributed by atoms with Crippen molar-refractivity contribution in [3.05, 3.63) is 24.3 Å². The van der Waals surface area contributed by atoms with Gasteiger partial charge in [0.15, 0.2) is 0 Å². The van der Waals surface area contributed by atoms with Gasteiger partial charge in [-0.05, 0) is 30.3 Å². The largest absolute Gasteiger partial charge is 0.331 e. The molecule has 1 unspecified atom stereocenters. The molecule has 1 atom stereocenters. The van der Waals surface area contributed by atoms with E-state index in [-0.39, 0.29) is 10.8 Å². The van der Waals surface area contributed by atoms with E-state index in [1.165, 1.54) is 5.57 Å². The molecule has 0 radical (unpaired) electrons. The molecule has 1 aliphatic carbocycles. The molecule has 0 amide bonds. The lowest BCUT2D eigenvalue weighted by molar-refractivity contribution is 0.339. The fraction of sp³-hybridized carbons (Fsp3) is 0.643. The average molecular weight is 253 g/mol. The van der Waals surface area contributed by atoms with Crippen molar-refractivity contribution in [2.24, 2.45) is 5.41 Å². The molecule has 1 aliphatic rings. The molecular weight excluding hydrogens is 232 g/mol. The molecule has 94 valence electrons. The van der Waals surface area contributed by atoms with Crippen molar-refractivity contribution < 1.29 is 0 Å². The van der Waals surface area contributed by atoms with Crippen LogP contribution in [0.15, 0.2) is 18.5 Å². The van der Waals surface area contributed by atoms with Gasteiger partial charge >= 0.3 is 0 Å². The number of hydrogen-bond donors (Lipinski definition) is 0. The van der Waals surface area contributed by atoms with Crippen LogP contribution in [0.25, 0.3) is 5.57 Å². The molecular formula is C14H21ClN2. The Labute approximate surface area is 109 Å². The molecule has 0 aliphatic heterocycles. The number of halogens is 1. The first-order valence-electron chi connectivity index (χ1n) is 6.38. The highest BCUT2D eigenvalue weighted by Crippen LogP contribution is 2.40. The van der Waals surface area contributed by atoms with E-state index in [1.54, 1.807) is 0 Å². The van der Waals surface area contributed by atoms with E-state index < -0.39 is 0 Å². The van der Waals surface area contributed by atoms with Crippen molar-refractivity contribution >= 4 is 17.2 Å². The summed E-state index contributed by atoms with van der Waals surface area (Å²) in [6, 6.07) is 0. The predicted molar refractivity (Wildman–Crippen MR) is 73.2 cm³/mol. The van der Waals surface area contributed by atoms with Gasteiger partial charge in [0.2, 0.25) is 0 Å². The van der Waals surface area contributed by atoms with Crippen LogP contribution < -0.4 is 0 Å². The molecule has 0 N–H and O–H groups in total. The number of nitrogens with zero attached hydrogens (tertiary/aromatic N) is 2. The Hall–Kier alpha value is -0.760. The van der Waals surface area contributed by atoms with Crippen LogP contribution in [0.2, 0.25) is 0 Å². The summed E-state index contributed by atoms with van der Waals surface area (Å²) in [6.45, 7) is 7.78. The summed E-state index contributed by atoms with van der Waals surface area (Å²) in [6.07, 6.45) is 9.37. The maximum absolute atomic E-state index is 6.33. The molecule has 1 aromatic heterocycles. The molecule has 0 aromatic carbocycles. The van der Waals surface area contributed by atoms with Crippen molar-refractivity contribution in [3.8, 4) is 0 Å². The molecule has 0 spiro atoms. The Balaban J connectivity index is 2.29. The maximum atomic E-state index is 6.33. The van der Waals surface area contributed by atoms with Gasteiger partial charge in [-0.15, -0.1) is 11.6 Å². The van der Waals surface area contributed by atoms with E-state index in [4.69, 9.17) is 11.6 Å². The third-order valence-electron chi connectivity index (χ3n) is 3.27. The summed E-state index contributed by atoms with van der Waals surface area (Å²) in [7, 11) is 0. The number of allylic oxidation sites excluding steroid dienone is 2. The highest BCUT2D eigenvalue weighted by Gasteiger charge is 2.29. The summed E-state index contributed by atoms with van der Waals surface area (Å²) >= 11 is 6.33. The van der Waals surface area contributed by atoms with E-state index in [9.17, 15) is 0 Å². The summed E-state index contributed by atoms with van der Waals surface area (Å²) < 4.78 is 2.23. The molecule has 0 fully saturated rings. The first kappa shape index (κ1) is 12.7. The SMILES string of the molecule is CCCn1ccnc1C1=CC(Cl)CC(C)(C)C1. The summed E-state index contributed by atoms with van der Waals surface area (Å²) in [4.78, 5) is 4.49. The fourth-order valence-corrected chi connectivity index (χ4v) is 3.19. The Morgan fingerprint density at radius 3 is 2.94 bits per heavy atom. The standard InChI is InChI=1S/C14H21ClN2/c1-4-6-17-7-5-16-13(17)11-8-12(15)10-14(2,3)9-11/h5,7-8,12H,4,6,9-10H2,1-3H3. The van der Waals surface area contributed by atoms with Crippen molar-refractivity contribution in [1.82, 2.24) is 9.55 Å². The second-order valence-electron chi connectivity index (χ2n) is 5.70. The number of aromatic nitrogens is 2. The van der Waals surface area contributed by atoms with Crippen LogP contribution in [0.1, 0.15) is 45.9 Å². The topological polar surface area (TPSA) is 17.8 Å². The van der Waals surface area contributed by atoms with E-state index in [2.05, 4.69) is 42.6 Å². The zero-order chi connectivity index (χ0) is 12.5. The highest BCUT2D eigenvalue weighted by molar-refractivity contribution is 6.22. The lowest BCUT2D eigenvalue weighted by Gasteiger charge is -2.32. The van der Waals surface area contributed by atoms with Crippen LogP contribution in [0.3, 0.4) is 0 Å². The monoisotopic (exact) mass is 252 g/mol. The summed E-state index contributed by atoms with van der Waals surface area (Å²) in [5.41, 5.74) is 1.58. The van der Waals surface area contributed by atoms with E-state index in [0.717, 1.165) is 31.6 Å². The van der Waals surface area contributed by atoms with Crippen molar-refractivity contribution in [2.45, 2.75) is 52.0 Å². The highest BCUT2D eigenvalue weighted by atomic mass is 35.5. The number of rotatable bonds is 3. The van der Waals surface area contributed by atoms with Crippen molar-refractivity contribution in [1.29, 1.82) is 0 Å². The van der Waals surface area contributed by atoms with Gasteiger partial charge < -0.3 is 4.57 Å². The molecule has 0 saturated heterocycles. The molecule has 17 heavy (non-hydrogen) atoms. The minimum absolute atomic E-state index is 0.139. The lowest BCUT2D eigenvalue weighted by atomic mass is 9.77. The minimum Gasteiger partial charge on any atom is -0.331 e. The molecule has 1 heterocycles. The van der Waals surface area contributed by atoms with E-state index >= 15 is 0 Å². The molecule has 2 nitrogen and oxygen atoms in total. The number of imidazole rings is 1. The number of alkyl halides is 1. The molecule has 1 aromatic rings. The van der Waals surface area contributed by atoms with Crippen molar-refractivity contribution in [2.75, 3.05) is 0 Å². The van der Waals surface area contributed by atoms with Gasteiger partial charge in [-0.2, -0.15) is 0 Å². The van der Waals surface area contributed by atoms with Gasteiger partial charge in [0.25, 0.3) is 0 Å². The second-order valence-corrected chi connectivity index (χ2v) is 6.26. The van der Waals surface area contributed by atoms with E-state index in [1.807, 2.05) is 6.20 Å². The van der Waals surface area contributed by atoms with Gasteiger partial charge in [0.05, 0.1) is 5.38 Å². The normalized spacial score (nSPS) is 23.5. The molecule has 2 rings (SSSR count). The molecule has 0 saturated carbocycles. The second kappa shape index (κ2) is 4.85. The Bertz CT molecular complexity index is 418. The van der Waals surface area contributed by atoms with Crippen LogP contribution in [-0.2, 0) is 6.54 Å². The first-order chi connectivity index (χ1) is 8.02. The maximum Gasteiger partial charge on any atom is 0.135 e. The van der Waals surface area contributed by atoms with Gasteiger partial charge in [-0.1, -0.05) is 26.8 Å². The van der Waals surface area contributed by atoms with Gasteiger partial charge in [-0.25, -0.2) is 4.98 Å². The fourth-order valence-electron chi connectivity index (χ4n) is 2.62. The van der Waals surface area contributed by atoms with Crippen LogP contribution in [0.4, 0.5) is 0 Å². The minimum atomic E-state index is 0.139. The van der Waals surface area contributed by atoms with Crippen LogP contribution >= 0.6 is 11.6 Å². The van der Waals surface area contributed by atoms with Crippen LogP contribution in [-0.4, -0.2) is 14.9 Å². The number of aryl methyl sites for hydroxylation is 1. The zero-order valence-corrected chi connectivity index (χ0v) is 11.7. The Morgan fingerprint density at radius 2 is 2.29 bits per heavy atom. The van der Waals surface area contributed by atoms with Crippen LogP contribution in [0.5, 0.6) is 0 Å². The number of hydrogen-bond acceptors (Lipinski definition) is 1. The first-order valence-corrected chi connectivity index (χ1v) is 6.82. The molecule has 3 heteroatoms. The van der Waals surface area contributed by atoms with Gasteiger partial charge in [-0.3, -0.25) is 0 Å². The third kappa shape index (κ3) is 2.92. The lowest BCUT2D eigenvalue weighted by Crippen LogP contribution is -2.22. The quantitative estimate of drug-likeness (QED) is 0.741. The van der Waals surface area contributed by atoms with Crippen molar-refractivity contribution in [3.63, 3.8) is 0 Å². The van der Waals surface area contributed by atoms with Gasteiger partial charge in [0, 0.05) is 18.9 Å². The predicted octanol–water partition coefficient (Wildman–Crippen LogP) is 4.10. The Morgan fingerprint density at radius 1 is 1.53 bits per heavy atom. The van der Waals surface area contributed by atoms with E-state index in [0.29, 0.717) is 0 Å². The zero-order valence-electron chi connectivity index (χ0n) is 10.9. The summed E-state index contributed by atoms with van der Waals surface area (Å²) in [5.74, 6) is 1.10. The smallest absolute Gasteiger partial charge is 0.135 e. The average Bonchev–Trinajstić information content (AvgIpc) is 2.63. The Kier molecular flexibility index (Phi) is 3.62. The van der Waals surface area contributed by atoms with Gasteiger partial charge in [0.1, 0.15) is 5.82 Å². The van der Waals surface area contributed by atoms with Crippen LogP contribution in [0, 0.1) is 5.41 Å².